The highest BCUT2D eigenvalue weighted by Gasteiger charge is 2.36. The number of nitrogens with zero attached hydrogens (tertiary/aromatic N) is 1. The van der Waals surface area contributed by atoms with Crippen LogP contribution in [0, 0.1) is 5.92 Å². The zero-order chi connectivity index (χ0) is 14.7. The predicted molar refractivity (Wildman–Crippen MR) is 74.6 cm³/mol. The van der Waals surface area contributed by atoms with Crippen LogP contribution in [-0.4, -0.2) is 31.8 Å². The lowest BCUT2D eigenvalue weighted by Gasteiger charge is -2.10. The lowest BCUT2D eigenvalue weighted by atomic mass is 9.95. The highest BCUT2D eigenvalue weighted by atomic mass is 16.5. The summed E-state index contributed by atoms with van der Waals surface area (Å²) in [6, 6.07) is 7.25. The summed E-state index contributed by atoms with van der Waals surface area (Å²) in [6.45, 7) is 1.64. The van der Waals surface area contributed by atoms with Gasteiger partial charge < -0.3 is 9.47 Å². The van der Waals surface area contributed by atoms with Crippen LogP contribution >= 0.6 is 0 Å². The molecule has 5 heteroatoms. The maximum Gasteiger partial charge on any atom is 0.319 e. The molecule has 0 fully saturated rings. The largest absolute Gasteiger partial charge is 0.496 e. The minimum absolute atomic E-state index is 0.304. The van der Waals surface area contributed by atoms with Crippen LogP contribution in [0.1, 0.15) is 12.5 Å². The van der Waals surface area contributed by atoms with E-state index in [0.717, 1.165) is 5.56 Å². The Morgan fingerprint density at radius 2 is 2.00 bits per heavy atom. The van der Waals surface area contributed by atoms with Crippen molar-refractivity contribution in [2.45, 2.75) is 6.92 Å². The number of esters is 1. The molecule has 2 rings (SSSR count). The maximum absolute atomic E-state index is 11.9. The molecule has 1 aromatic rings. The second kappa shape index (κ2) is 5.69. The Morgan fingerprint density at radius 1 is 1.30 bits per heavy atom. The maximum atomic E-state index is 11.9. The van der Waals surface area contributed by atoms with Gasteiger partial charge in [0.25, 0.3) is 5.91 Å². The number of carbonyl (C=O) groups excluding carboxylic acids is 2. The Kier molecular flexibility index (Phi) is 3.98. The molecule has 0 saturated carbocycles. The van der Waals surface area contributed by atoms with Gasteiger partial charge >= 0.3 is 5.97 Å². The Morgan fingerprint density at radius 3 is 2.65 bits per heavy atom. The summed E-state index contributed by atoms with van der Waals surface area (Å²) in [5, 5.41) is 0. The van der Waals surface area contributed by atoms with E-state index in [2.05, 4.69) is 4.99 Å². The molecule has 0 N–H and O–H groups in total. The van der Waals surface area contributed by atoms with Crippen LogP contribution in [0.15, 0.2) is 34.8 Å². The van der Waals surface area contributed by atoms with E-state index in [9.17, 15) is 9.59 Å². The first kappa shape index (κ1) is 14.0. The molecule has 104 valence electrons. The molecule has 1 aliphatic heterocycles. The number of amides is 1. The number of hydrogen-bond acceptors (Lipinski definition) is 4. The van der Waals surface area contributed by atoms with Gasteiger partial charge in [0.05, 0.1) is 14.2 Å². The van der Waals surface area contributed by atoms with Crippen molar-refractivity contribution < 1.29 is 19.1 Å². The number of ether oxygens (including phenoxy) is 2. The van der Waals surface area contributed by atoms with Crippen LogP contribution in [0.4, 0.5) is 0 Å². The minimum Gasteiger partial charge on any atom is -0.496 e. The molecule has 1 atom stereocenters. The van der Waals surface area contributed by atoms with E-state index in [-0.39, 0.29) is 0 Å². The van der Waals surface area contributed by atoms with Crippen molar-refractivity contribution in [2.24, 2.45) is 10.9 Å². The summed E-state index contributed by atoms with van der Waals surface area (Å²) in [5.74, 6) is -1.01. The van der Waals surface area contributed by atoms with E-state index in [4.69, 9.17) is 9.47 Å². The first-order valence-corrected chi connectivity index (χ1v) is 6.10. The van der Waals surface area contributed by atoms with Gasteiger partial charge in [0.1, 0.15) is 11.7 Å². The zero-order valence-electron chi connectivity index (χ0n) is 11.5. The third kappa shape index (κ3) is 2.47. The molecule has 0 spiro atoms. The lowest BCUT2D eigenvalue weighted by molar-refractivity contribution is -0.142. The second-order valence-corrected chi connectivity index (χ2v) is 4.36. The smallest absolute Gasteiger partial charge is 0.319 e. The predicted octanol–water partition coefficient (Wildman–Crippen LogP) is 1.87. The summed E-state index contributed by atoms with van der Waals surface area (Å²) >= 11 is 0. The molecule has 0 bridgehead atoms. The van der Waals surface area contributed by atoms with Gasteiger partial charge in [0.2, 0.25) is 0 Å². The van der Waals surface area contributed by atoms with E-state index in [1.54, 1.807) is 32.2 Å². The van der Waals surface area contributed by atoms with Crippen molar-refractivity contribution in [3.05, 3.63) is 35.4 Å². The quantitative estimate of drug-likeness (QED) is 0.623. The van der Waals surface area contributed by atoms with E-state index >= 15 is 0 Å². The zero-order valence-corrected chi connectivity index (χ0v) is 11.5. The fourth-order valence-corrected chi connectivity index (χ4v) is 2.15. The number of carbonyl (C=O) groups is 2. The number of benzene rings is 1. The average molecular weight is 273 g/mol. The van der Waals surface area contributed by atoms with Crippen molar-refractivity contribution in [3.63, 3.8) is 0 Å². The monoisotopic (exact) mass is 273 g/mol. The van der Waals surface area contributed by atoms with Crippen LogP contribution in [0.5, 0.6) is 5.75 Å². The molecule has 1 amide bonds. The van der Waals surface area contributed by atoms with Gasteiger partial charge in [-0.25, -0.2) is 4.99 Å². The SMILES string of the molecule is COC(=O)C1C(C)=NC(=O)/C1=C\c1ccccc1OC. The average Bonchev–Trinajstić information content (AvgIpc) is 2.73. The van der Waals surface area contributed by atoms with Gasteiger partial charge in [-0.2, -0.15) is 0 Å². The second-order valence-electron chi connectivity index (χ2n) is 4.36. The molecule has 1 aromatic carbocycles. The fourth-order valence-electron chi connectivity index (χ4n) is 2.15. The van der Waals surface area contributed by atoms with Crippen molar-refractivity contribution in [1.82, 2.24) is 0 Å². The van der Waals surface area contributed by atoms with Crippen molar-refractivity contribution >= 4 is 23.7 Å². The van der Waals surface area contributed by atoms with E-state index in [1.807, 2.05) is 12.1 Å². The van der Waals surface area contributed by atoms with E-state index < -0.39 is 17.8 Å². The van der Waals surface area contributed by atoms with Gasteiger partial charge in [-0.3, -0.25) is 9.59 Å². The van der Waals surface area contributed by atoms with Crippen LogP contribution < -0.4 is 4.74 Å². The standard InChI is InChI=1S/C15H15NO4/c1-9-13(15(18)20-3)11(14(17)16-9)8-10-6-4-5-7-12(10)19-2/h4-8,13H,1-3H3/b11-8-. The summed E-state index contributed by atoms with van der Waals surface area (Å²) in [5.41, 5.74) is 1.47. The first-order valence-electron chi connectivity index (χ1n) is 6.10. The Balaban J connectivity index is 2.46. The molecule has 0 saturated heterocycles. The Labute approximate surface area is 116 Å². The third-order valence-electron chi connectivity index (χ3n) is 3.14. The molecule has 0 aromatic heterocycles. The topological polar surface area (TPSA) is 65.0 Å². The van der Waals surface area contributed by atoms with Gasteiger partial charge in [0.15, 0.2) is 0 Å². The van der Waals surface area contributed by atoms with Crippen molar-refractivity contribution in [2.75, 3.05) is 14.2 Å². The summed E-state index contributed by atoms with van der Waals surface area (Å²) in [4.78, 5) is 27.6. The number of aliphatic imine (C=N–C) groups is 1. The highest BCUT2D eigenvalue weighted by Crippen LogP contribution is 2.28. The van der Waals surface area contributed by atoms with Gasteiger partial charge in [-0.05, 0) is 19.1 Å². The fraction of sp³-hybridized carbons (Fsp3) is 0.267. The number of rotatable bonds is 3. The van der Waals surface area contributed by atoms with Gasteiger partial charge in [-0.15, -0.1) is 0 Å². The van der Waals surface area contributed by atoms with E-state index in [1.165, 1.54) is 7.11 Å². The van der Waals surface area contributed by atoms with Crippen LogP contribution in [-0.2, 0) is 14.3 Å². The van der Waals surface area contributed by atoms with Crippen LogP contribution in [0.2, 0.25) is 0 Å². The molecular formula is C15H15NO4. The van der Waals surface area contributed by atoms with Crippen LogP contribution in [0.3, 0.4) is 0 Å². The molecule has 0 radical (unpaired) electrons. The summed E-state index contributed by atoms with van der Waals surface area (Å²) in [7, 11) is 2.84. The van der Waals surface area contributed by atoms with Crippen molar-refractivity contribution in [3.8, 4) is 5.75 Å². The molecule has 5 nitrogen and oxygen atoms in total. The summed E-state index contributed by atoms with van der Waals surface area (Å²) in [6.07, 6.45) is 1.63. The molecule has 1 unspecified atom stereocenters. The normalized spacial score (nSPS) is 19.9. The third-order valence-corrected chi connectivity index (χ3v) is 3.14. The number of methoxy groups -OCH3 is 2. The molecule has 0 aliphatic carbocycles. The number of hydrogen-bond donors (Lipinski definition) is 0. The molecule has 20 heavy (non-hydrogen) atoms. The summed E-state index contributed by atoms with van der Waals surface area (Å²) < 4.78 is 9.96. The minimum atomic E-state index is -0.739. The molecule has 1 aliphatic rings. The number of para-hydroxylation sites is 1. The molecule has 1 heterocycles. The Hall–Kier alpha value is -2.43. The lowest BCUT2D eigenvalue weighted by Crippen LogP contribution is -2.22. The Bertz CT molecular complexity index is 616. The van der Waals surface area contributed by atoms with Gasteiger partial charge in [-0.1, -0.05) is 18.2 Å². The van der Waals surface area contributed by atoms with Crippen molar-refractivity contribution in [1.29, 1.82) is 0 Å². The molecular weight excluding hydrogens is 258 g/mol. The van der Waals surface area contributed by atoms with Crippen LogP contribution in [0.25, 0.3) is 6.08 Å². The highest BCUT2D eigenvalue weighted by molar-refractivity contribution is 6.23. The van der Waals surface area contributed by atoms with Gasteiger partial charge in [0, 0.05) is 16.8 Å². The van der Waals surface area contributed by atoms with E-state index in [0.29, 0.717) is 17.0 Å². The first-order chi connectivity index (χ1) is 9.58.